The van der Waals surface area contributed by atoms with Crippen LogP contribution in [0.2, 0.25) is 0 Å². The third-order valence-electron chi connectivity index (χ3n) is 6.29. The molecule has 1 N–H and O–H groups in total. The Morgan fingerprint density at radius 3 is 1.46 bits per heavy atom. The molecule has 2 aromatic carbocycles. The third kappa shape index (κ3) is 7.23. The number of piperidine rings is 1. The van der Waals surface area contributed by atoms with Crippen molar-refractivity contribution in [3.05, 3.63) is 83.2 Å². The largest absolute Gasteiger partial charge is 0.381 e. The second-order valence-corrected chi connectivity index (χ2v) is 9.33. The van der Waals surface area contributed by atoms with Gasteiger partial charge in [0.2, 0.25) is 0 Å². The number of allylic oxidation sites excluding steroid dienone is 2. The van der Waals surface area contributed by atoms with E-state index in [1.165, 1.54) is 0 Å². The molecule has 1 saturated heterocycles. The lowest BCUT2D eigenvalue weighted by atomic mass is 9.81. The minimum atomic E-state index is -0.822. The average molecular weight is 474 g/mol. The number of benzene rings is 2. The van der Waals surface area contributed by atoms with E-state index in [1.807, 2.05) is 111 Å². The van der Waals surface area contributed by atoms with Crippen molar-refractivity contribution in [2.75, 3.05) is 41.3 Å². The second-order valence-electron chi connectivity index (χ2n) is 9.33. The summed E-state index contributed by atoms with van der Waals surface area (Å²) in [4.78, 5) is 43.5. The van der Waals surface area contributed by atoms with Crippen molar-refractivity contribution in [2.24, 2.45) is 11.8 Å². The van der Waals surface area contributed by atoms with E-state index in [1.54, 1.807) is 0 Å². The molecule has 184 valence electrons. The third-order valence-corrected chi connectivity index (χ3v) is 6.29. The van der Waals surface area contributed by atoms with Crippen LogP contribution in [-0.2, 0) is 14.4 Å². The Bertz CT molecular complexity index is 1000. The molecule has 0 saturated carbocycles. The molecule has 6 heteroatoms. The number of carbonyl (C=O) groups is 3. The first-order valence-corrected chi connectivity index (χ1v) is 11.9. The molecule has 1 aliphatic heterocycles. The van der Waals surface area contributed by atoms with Gasteiger partial charge in [-0.15, -0.1) is 0 Å². The fraction of sp³-hybridized carbons (Fsp3) is 0.345. The van der Waals surface area contributed by atoms with Crippen molar-refractivity contribution in [1.82, 2.24) is 15.1 Å². The highest BCUT2D eigenvalue weighted by atomic mass is 16.2. The zero-order valence-electron chi connectivity index (χ0n) is 21.0. The van der Waals surface area contributed by atoms with E-state index in [2.05, 4.69) is 5.32 Å². The second kappa shape index (κ2) is 12.3. The Hall–Kier alpha value is -3.51. The maximum Gasteiger partial charge on any atom is 0.156 e. The van der Waals surface area contributed by atoms with E-state index >= 15 is 0 Å². The van der Waals surface area contributed by atoms with E-state index in [-0.39, 0.29) is 43.3 Å². The smallest absolute Gasteiger partial charge is 0.156 e. The van der Waals surface area contributed by atoms with Crippen LogP contribution in [0.25, 0.3) is 12.2 Å². The van der Waals surface area contributed by atoms with Crippen molar-refractivity contribution in [2.45, 2.75) is 12.8 Å². The van der Waals surface area contributed by atoms with Crippen LogP contribution in [0.4, 0.5) is 0 Å². The number of ketones is 3. The predicted molar refractivity (Wildman–Crippen MR) is 140 cm³/mol. The first-order chi connectivity index (χ1) is 16.8. The number of rotatable bonds is 10. The van der Waals surface area contributed by atoms with Gasteiger partial charge in [0, 0.05) is 65.5 Å². The molecule has 2 atom stereocenters. The van der Waals surface area contributed by atoms with Gasteiger partial charge >= 0.3 is 0 Å². The van der Waals surface area contributed by atoms with Crippen LogP contribution in [-0.4, -0.2) is 68.4 Å². The number of nitrogens with zero attached hydrogens (tertiary/aromatic N) is 2. The van der Waals surface area contributed by atoms with Gasteiger partial charge in [-0.3, -0.25) is 14.4 Å². The van der Waals surface area contributed by atoms with Gasteiger partial charge in [0.05, 0.1) is 11.8 Å². The minimum absolute atomic E-state index is 0.137. The van der Waals surface area contributed by atoms with Crippen molar-refractivity contribution in [3.8, 4) is 0 Å². The summed E-state index contributed by atoms with van der Waals surface area (Å²) in [6, 6.07) is 19.6. The normalized spacial score (nSPS) is 18.8. The monoisotopic (exact) mass is 473 g/mol. The van der Waals surface area contributed by atoms with Gasteiger partial charge in [0.15, 0.2) is 5.78 Å². The lowest BCUT2D eigenvalue weighted by Gasteiger charge is -2.29. The van der Waals surface area contributed by atoms with Crippen LogP contribution in [0.15, 0.2) is 72.1 Å². The van der Waals surface area contributed by atoms with Gasteiger partial charge in [-0.25, -0.2) is 0 Å². The number of hydrogen-bond donors (Lipinski definition) is 1. The van der Waals surface area contributed by atoms with E-state index in [4.69, 9.17) is 0 Å². The Labute approximate surface area is 208 Å². The highest BCUT2D eigenvalue weighted by molar-refractivity contribution is 6.13. The zero-order valence-corrected chi connectivity index (χ0v) is 21.0. The number of Topliss-reactive ketones (excluding diaryl/α,β-unsaturated/α-hetero) is 3. The molecule has 0 aromatic heterocycles. The van der Waals surface area contributed by atoms with Gasteiger partial charge in [-0.2, -0.15) is 0 Å². The van der Waals surface area contributed by atoms with Crippen LogP contribution >= 0.6 is 0 Å². The topological polar surface area (TPSA) is 69.7 Å². The van der Waals surface area contributed by atoms with Crippen LogP contribution < -0.4 is 5.32 Å². The first kappa shape index (κ1) is 26.1. The number of nitrogens with one attached hydrogen (secondary N) is 1. The van der Waals surface area contributed by atoms with E-state index in [9.17, 15) is 14.4 Å². The van der Waals surface area contributed by atoms with Gasteiger partial charge in [-0.05, 0) is 23.3 Å². The van der Waals surface area contributed by atoms with Gasteiger partial charge in [-0.1, -0.05) is 60.7 Å². The molecule has 1 heterocycles. The molecule has 6 nitrogen and oxygen atoms in total. The zero-order chi connectivity index (χ0) is 25.4. The van der Waals surface area contributed by atoms with Crippen molar-refractivity contribution in [1.29, 1.82) is 0 Å². The summed E-state index contributed by atoms with van der Waals surface area (Å²) >= 11 is 0. The molecule has 0 bridgehead atoms. The summed E-state index contributed by atoms with van der Waals surface area (Å²) in [6.45, 7) is 0.543. The average Bonchev–Trinajstić information content (AvgIpc) is 2.84. The minimum Gasteiger partial charge on any atom is -0.381 e. The fourth-order valence-corrected chi connectivity index (χ4v) is 4.12. The lowest BCUT2D eigenvalue weighted by molar-refractivity contribution is -0.140. The molecule has 3 rings (SSSR count). The molecule has 2 unspecified atom stereocenters. The van der Waals surface area contributed by atoms with E-state index in [0.717, 1.165) is 22.5 Å². The van der Waals surface area contributed by atoms with Gasteiger partial charge in [0.25, 0.3) is 0 Å². The maximum atomic E-state index is 13.3. The Morgan fingerprint density at radius 1 is 0.743 bits per heavy atom. The van der Waals surface area contributed by atoms with Crippen LogP contribution in [0, 0.1) is 11.8 Å². The molecule has 0 radical (unpaired) electrons. The molecular formula is C29H35N3O3. The summed E-state index contributed by atoms with van der Waals surface area (Å²) in [5.41, 5.74) is 3.63. The summed E-state index contributed by atoms with van der Waals surface area (Å²) < 4.78 is 0. The first-order valence-electron chi connectivity index (χ1n) is 11.9. The Balaban J connectivity index is 1.72. The maximum absolute atomic E-state index is 13.3. The van der Waals surface area contributed by atoms with Crippen LogP contribution in [0.5, 0.6) is 0 Å². The molecule has 1 fully saturated rings. The predicted octanol–water partition coefficient (Wildman–Crippen LogP) is 3.51. The summed E-state index contributed by atoms with van der Waals surface area (Å²) in [5.74, 6) is -2.24. The van der Waals surface area contributed by atoms with Crippen LogP contribution in [0.3, 0.4) is 0 Å². The van der Waals surface area contributed by atoms with Crippen molar-refractivity contribution >= 4 is 29.5 Å². The van der Waals surface area contributed by atoms with E-state index < -0.39 is 11.8 Å². The SMILES string of the molecule is CN(C)/C(=C/c1ccccc1)CC(=O)C1CNCC(C(=O)C/C(=C\c2ccccc2)N(C)C)C1=O. The highest BCUT2D eigenvalue weighted by Gasteiger charge is 2.39. The highest BCUT2D eigenvalue weighted by Crippen LogP contribution is 2.23. The molecule has 0 amide bonds. The van der Waals surface area contributed by atoms with Gasteiger partial charge < -0.3 is 15.1 Å². The molecule has 1 aliphatic rings. The van der Waals surface area contributed by atoms with E-state index in [0.29, 0.717) is 0 Å². The molecule has 0 aliphatic carbocycles. The quantitative estimate of drug-likeness (QED) is 0.533. The Morgan fingerprint density at radius 2 is 1.11 bits per heavy atom. The lowest BCUT2D eigenvalue weighted by Crippen LogP contribution is -2.50. The summed E-state index contributed by atoms with van der Waals surface area (Å²) in [6.07, 6.45) is 4.19. The summed E-state index contributed by atoms with van der Waals surface area (Å²) in [7, 11) is 7.54. The molecular weight excluding hydrogens is 438 g/mol. The molecule has 35 heavy (non-hydrogen) atoms. The molecule has 2 aromatic rings. The van der Waals surface area contributed by atoms with Gasteiger partial charge in [0.1, 0.15) is 11.6 Å². The molecule has 0 spiro atoms. The Kier molecular flexibility index (Phi) is 9.15. The van der Waals surface area contributed by atoms with Crippen molar-refractivity contribution < 1.29 is 14.4 Å². The standard InChI is InChI=1S/C29H35N3O3/c1-31(2)23(15-21-11-7-5-8-12-21)17-27(33)25-19-30-20-26(29(25)35)28(34)18-24(32(3)4)16-22-13-9-6-10-14-22/h5-16,25-26,30H,17-20H2,1-4H3/b23-15+,24-16+. The van der Waals surface area contributed by atoms with Crippen molar-refractivity contribution in [3.63, 3.8) is 0 Å². The number of carbonyl (C=O) groups excluding carboxylic acids is 3. The number of hydrogen-bond acceptors (Lipinski definition) is 6. The fourth-order valence-electron chi connectivity index (χ4n) is 4.12. The summed E-state index contributed by atoms with van der Waals surface area (Å²) in [5, 5.41) is 3.15. The van der Waals surface area contributed by atoms with Crippen LogP contribution in [0.1, 0.15) is 24.0 Å².